The fourth-order valence-electron chi connectivity index (χ4n) is 1.27. The first-order valence-electron chi connectivity index (χ1n) is 4.65. The van der Waals surface area contributed by atoms with Crippen LogP contribution in [-0.4, -0.2) is 0 Å². The lowest BCUT2D eigenvalue weighted by Crippen LogP contribution is -1.84. The molecule has 0 heterocycles. The maximum atomic E-state index is 5.68. The Labute approximate surface area is 97.8 Å². The van der Waals surface area contributed by atoms with Gasteiger partial charge in [-0.15, -0.1) is 0 Å². The second kappa shape index (κ2) is 4.99. The molecule has 0 fully saturated rings. The highest BCUT2D eigenvalue weighted by Gasteiger charge is 1.97. The van der Waals surface area contributed by atoms with Crippen LogP contribution in [0.1, 0.15) is 5.56 Å². The van der Waals surface area contributed by atoms with E-state index in [-0.39, 0.29) is 0 Å². The fraction of sp³-hybridized carbons (Fsp3) is 0. The zero-order valence-corrected chi connectivity index (χ0v) is 9.65. The van der Waals surface area contributed by atoms with Crippen molar-refractivity contribution in [1.82, 2.24) is 0 Å². The summed E-state index contributed by atoms with van der Waals surface area (Å²) in [6.45, 7) is 0. The van der Waals surface area contributed by atoms with Crippen molar-refractivity contribution in [3.05, 3.63) is 65.5 Å². The van der Waals surface area contributed by atoms with Crippen molar-refractivity contribution in [2.24, 2.45) is 0 Å². The number of para-hydroxylation sites is 1. The summed E-state index contributed by atoms with van der Waals surface area (Å²) in [4.78, 5) is 0. The molecule has 0 atom stereocenters. The minimum Gasteiger partial charge on any atom is -0.457 e. The molecule has 0 aromatic heterocycles. The largest absolute Gasteiger partial charge is 0.457 e. The zero-order chi connectivity index (χ0) is 10.5. The van der Waals surface area contributed by atoms with Gasteiger partial charge in [-0.05, 0) is 29.8 Å². The van der Waals surface area contributed by atoms with E-state index in [4.69, 9.17) is 4.74 Å². The van der Waals surface area contributed by atoms with Gasteiger partial charge in [0.25, 0.3) is 0 Å². The van der Waals surface area contributed by atoms with Gasteiger partial charge in [0.1, 0.15) is 11.5 Å². The van der Waals surface area contributed by atoms with Gasteiger partial charge in [-0.1, -0.05) is 46.3 Å². The van der Waals surface area contributed by atoms with Crippen LogP contribution in [0, 0.1) is 5.33 Å². The normalized spacial score (nSPS) is 9.93. The van der Waals surface area contributed by atoms with Crippen LogP contribution >= 0.6 is 15.9 Å². The Bertz CT molecular complexity index is 426. The summed E-state index contributed by atoms with van der Waals surface area (Å²) in [6.07, 6.45) is 0. The number of rotatable bonds is 3. The lowest BCUT2D eigenvalue weighted by atomic mass is 10.2. The predicted octanol–water partition coefficient (Wildman–Crippen LogP) is 4.38. The van der Waals surface area contributed by atoms with Crippen molar-refractivity contribution >= 4 is 15.9 Å². The van der Waals surface area contributed by atoms with Gasteiger partial charge >= 0.3 is 0 Å². The summed E-state index contributed by atoms with van der Waals surface area (Å²) in [5.74, 6) is 1.69. The van der Waals surface area contributed by atoms with Crippen LogP contribution in [0.25, 0.3) is 0 Å². The second-order valence-corrected chi connectivity index (χ2v) is 3.55. The Balaban J connectivity index is 2.17. The van der Waals surface area contributed by atoms with Gasteiger partial charge in [-0.3, -0.25) is 0 Å². The van der Waals surface area contributed by atoms with Gasteiger partial charge in [-0.2, -0.15) is 0 Å². The summed E-state index contributed by atoms with van der Waals surface area (Å²) < 4.78 is 5.68. The van der Waals surface area contributed by atoms with Crippen LogP contribution in [0.15, 0.2) is 54.6 Å². The van der Waals surface area contributed by atoms with Crippen molar-refractivity contribution in [3.8, 4) is 11.5 Å². The van der Waals surface area contributed by atoms with E-state index in [2.05, 4.69) is 15.9 Å². The second-order valence-electron chi connectivity index (χ2n) is 3.10. The molecule has 2 aromatic carbocycles. The molecule has 75 valence electrons. The number of benzene rings is 2. The molecule has 0 spiro atoms. The van der Waals surface area contributed by atoms with Gasteiger partial charge in [0.05, 0.1) is 5.33 Å². The minimum absolute atomic E-state index is 0.842. The summed E-state index contributed by atoms with van der Waals surface area (Å²) in [6, 6.07) is 17.6. The summed E-state index contributed by atoms with van der Waals surface area (Å²) >= 11 is 3.30. The van der Waals surface area contributed by atoms with E-state index < -0.39 is 0 Å². The molecule has 2 aromatic rings. The quantitative estimate of drug-likeness (QED) is 0.797. The van der Waals surface area contributed by atoms with E-state index in [0.717, 1.165) is 17.1 Å². The summed E-state index contributed by atoms with van der Waals surface area (Å²) in [7, 11) is 0. The lowest BCUT2D eigenvalue weighted by Gasteiger charge is -2.05. The van der Waals surface area contributed by atoms with Crippen LogP contribution in [0.2, 0.25) is 0 Å². The van der Waals surface area contributed by atoms with Crippen molar-refractivity contribution in [1.29, 1.82) is 0 Å². The molecule has 1 radical (unpaired) electrons. The predicted molar refractivity (Wildman–Crippen MR) is 65.3 cm³/mol. The fourth-order valence-corrected chi connectivity index (χ4v) is 1.56. The van der Waals surface area contributed by atoms with E-state index in [1.54, 1.807) is 0 Å². The Kier molecular flexibility index (Phi) is 3.41. The van der Waals surface area contributed by atoms with Crippen LogP contribution in [-0.2, 0) is 0 Å². The third-order valence-corrected chi connectivity index (χ3v) is 2.49. The number of hydrogen-bond donors (Lipinski definition) is 0. The molecule has 15 heavy (non-hydrogen) atoms. The number of halogens is 1. The molecular formula is C13H10BrO. The number of hydrogen-bond acceptors (Lipinski definition) is 1. The Morgan fingerprint density at radius 2 is 1.60 bits per heavy atom. The van der Waals surface area contributed by atoms with Gasteiger partial charge in [0, 0.05) is 0 Å². The minimum atomic E-state index is 0.842. The Morgan fingerprint density at radius 3 is 2.33 bits per heavy atom. The summed E-state index contributed by atoms with van der Waals surface area (Å²) in [5.41, 5.74) is 1.09. The molecule has 1 nitrogen and oxygen atoms in total. The average molecular weight is 262 g/mol. The molecule has 0 aliphatic heterocycles. The average Bonchev–Trinajstić information content (AvgIpc) is 2.31. The Hall–Kier alpha value is -1.28. The van der Waals surface area contributed by atoms with E-state index in [1.807, 2.05) is 59.9 Å². The molecule has 2 rings (SSSR count). The smallest absolute Gasteiger partial charge is 0.127 e. The molecule has 0 saturated heterocycles. The molecule has 0 bridgehead atoms. The van der Waals surface area contributed by atoms with Gasteiger partial charge in [0.15, 0.2) is 0 Å². The topological polar surface area (TPSA) is 9.23 Å². The standard InChI is InChI=1S/C13H10BrO/c14-10-11-5-4-8-13(9-11)15-12-6-2-1-3-7-12/h1-10H. The van der Waals surface area contributed by atoms with Crippen LogP contribution < -0.4 is 4.74 Å². The molecule has 0 unspecified atom stereocenters. The van der Waals surface area contributed by atoms with Crippen LogP contribution in [0.4, 0.5) is 0 Å². The van der Waals surface area contributed by atoms with Crippen molar-refractivity contribution in [3.63, 3.8) is 0 Å². The SMILES string of the molecule is Br[CH]c1cccc(Oc2ccccc2)c1. The maximum absolute atomic E-state index is 5.68. The highest BCUT2D eigenvalue weighted by molar-refractivity contribution is 9.10. The monoisotopic (exact) mass is 261 g/mol. The first-order valence-corrected chi connectivity index (χ1v) is 5.56. The van der Waals surface area contributed by atoms with E-state index >= 15 is 0 Å². The van der Waals surface area contributed by atoms with E-state index in [0.29, 0.717) is 0 Å². The third kappa shape index (κ3) is 2.83. The van der Waals surface area contributed by atoms with E-state index in [9.17, 15) is 0 Å². The van der Waals surface area contributed by atoms with Gasteiger partial charge < -0.3 is 4.74 Å². The molecule has 0 aliphatic carbocycles. The molecular weight excluding hydrogens is 252 g/mol. The number of ether oxygens (including phenoxy) is 1. The highest BCUT2D eigenvalue weighted by atomic mass is 79.9. The zero-order valence-electron chi connectivity index (χ0n) is 8.06. The molecule has 0 aliphatic rings. The highest BCUT2D eigenvalue weighted by Crippen LogP contribution is 2.22. The van der Waals surface area contributed by atoms with Crippen molar-refractivity contribution in [2.75, 3.05) is 0 Å². The van der Waals surface area contributed by atoms with Crippen molar-refractivity contribution < 1.29 is 4.74 Å². The third-order valence-electron chi connectivity index (χ3n) is 1.96. The van der Waals surface area contributed by atoms with Crippen LogP contribution in [0.3, 0.4) is 0 Å². The molecule has 0 amide bonds. The first kappa shape index (κ1) is 10.2. The van der Waals surface area contributed by atoms with E-state index in [1.165, 1.54) is 0 Å². The molecule has 0 N–H and O–H groups in total. The van der Waals surface area contributed by atoms with Gasteiger partial charge in [-0.25, -0.2) is 0 Å². The first-order chi connectivity index (χ1) is 7.38. The summed E-state index contributed by atoms with van der Waals surface area (Å²) in [5, 5.41) is 1.87. The van der Waals surface area contributed by atoms with Gasteiger partial charge in [0.2, 0.25) is 0 Å². The van der Waals surface area contributed by atoms with Crippen molar-refractivity contribution in [2.45, 2.75) is 0 Å². The molecule has 2 heteroatoms. The Morgan fingerprint density at radius 1 is 0.867 bits per heavy atom. The lowest BCUT2D eigenvalue weighted by molar-refractivity contribution is 0.482. The maximum Gasteiger partial charge on any atom is 0.127 e. The molecule has 0 saturated carbocycles. The van der Waals surface area contributed by atoms with Crippen LogP contribution in [0.5, 0.6) is 11.5 Å².